The first kappa shape index (κ1) is 12.9. The third-order valence-electron chi connectivity index (χ3n) is 3.40. The van der Waals surface area contributed by atoms with E-state index in [0.29, 0.717) is 6.54 Å². The molecule has 1 aliphatic rings. The molecule has 0 aliphatic carbocycles. The molecule has 2 rings (SSSR count). The van der Waals surface area contributed by atoms with Crippen LogP contribution in [0.5, 0.6) is 5.75 Å². The molecule has 1 aromatic carbocycles. The minimum absolute atomic E-state index is 0.218. The zero-order valence-corrected chi connectivity index (χ0v) is 10.6. The van der Waals surface area contributed by atoms with Gasteiger partial charge in [-0.1, -0.05) is 12.1 Å². The Bertz CT molecular complexity index is 419. The minimum atomic E-state index is -0.676. The van der Waals surface area contributed by atoms with Gasteiger partial charge in [-0.25, -0.2) is 0 Å². The molecule has 4 nitrogen and oxygen atoms in total. The Morgan fingerprint density at radius 3 is 3.11 bits per heavy atom. The van der Waals surface area contributed by atoms with Gasteiger partial charge in [0.05, 0.1) is 13.0 Å². The summed E-state index contributed by atoms with van der Waals surface area (Å²) >= 11 is 0. The molecule has 0 spiro atoms. The largest absolute Gasteiger partial charge is 0.497 e. The van der Waals surface area contributed by atoms with Crippen LogP contribution < -0.4 is 4.74 Å². The fourth-order valence-electron chi connectivity index (χ4n) is 2.43. The van der Waals surface area contributed by atoms with Crippen LogP contribution in [-0.4, -0.2) is 36.2 Å². The number of aliphatic carboxylic acids is 1. The molecule has 0 aromatic heterocycles. The highest BCUT2D eigenvalue weighted by Crippen LogP contribution is 2.20. The number of benzene rings is 1. The monoisotopic (exact) mass is 249 g/mol. The first-order valence-corrected chi connectivity index (χ1v) is 6.27. The van der Waals surface area contributed by atoms with Crippen molar-refractivity contribution >= 4 is 5.97 Å². The van der Waals surface area contributed by atoms with Crippen molar-refractivity contribution in [3.8, 4) is 5.75 Å². The number of likely N-dealkylation sites (tertiary alicyclic amines) is 1. The fourth-order valence-corrected chi connectivity index (χ4v) is 2.43. The quantitative estimate of drug-likeness (QED) is 0.886. The zero-order chi connectivity index (χ0) is 13.0. The zero-order valence-electron chi connectivity index (χ0n) is 10.6. The van der Waals surface area contributed by atoms with Gasteiger partial charge < -0.3 is 9.84 Å². The molecule has 1 aliphatic heterocycles. The highest BCUT2D eigenvalue weighted by atomic mass is 16.5. The first-order chi connectivity index (χ1) is 8.69. The van der Waals surface area contributed by atoms with E-state index in [9.17, 15) is 4.79 Å². The molecule has 1 aromatic rings. The maximum atomic E-state index is 11.0. The Morgan fingerprint density at radius 1 is 1.56 bits per heavy atom. The molecular weight excluding hydrogens is 230 g/mol. The number of nitrogens with zero attached hydrogens (tertiary/aromatic N) is 1. The van der Waals surface area contributed by atoms with Gasteiger partial charge in [0.1, 0.15) is 5.75 Å². The third-order valence-corrected chi connectivity index (χ3v) is 3.40. The summed E-state index contributed by atoms with van der Waals surface area (Å²) in [6.07, 6.45) is 1.75. The van der Waals surface area contributed by atoms with Gasteiger partial charge in [-0.3, -0.25) is 9.69 Å². The van der Waals surface area contributed by atoms with E-state index >= 15 is 0 Å². The van der Waals surface area contributed by atoms with Crippen molar-refractivity contribution < 1.29 is 14.6 Å². The van der Waals surface area contributed by atoms with E-state index in [0.717, 1.165) is 31.7 Å². The number of hydrogen-bond donors (Lipinski definition) is 1. The van der Waals surface area contributed by atoms with Crippen LogP contribution in [0.3, 0.4) is 0 Å². The van der Waals surface area contributed by atoms with Crippen molar-refractivity contribution in [2.45, 2.75) is 19.4 Å². The number of methoxy groups -OCH3 is 1. The standard InChI is InChI=1S/C14H19NO3/c1-18-13-6-2-4-11(8-13)9-15-7-3-5-12(10-15)14(16)17/h2,4,6,8,12H,3,5,7,9-10H2,1H3,(H,16,17)/t12-/m1/s1. The number of carboxylic acids is 1. The number of ether oxygens (including phenoxy) is 1. The normalized spacial score (nSPS) is 20.6. The van der Waals surface area contributed by atoms with Crippen LogP contribution >= 0.6 is 0 Å². The number of carboxylic acid groups (broad SMARTS) is 1. The molecule has 18 heavy (non-hydrogen) atoms. The molecule has 4 heteroatoms. The maximum Gasteiger partial charge on any atom is 0.307 e. The number of piperidine rings is 1. The van der Waals surface area contributed by atoms with Crippen molar-refractivity contribution in [2.75, 3.05) is 20.2 Å². The summed E-state index contributed by atoms with van der Waals surface area (Å²) in [6.45, 7) is 2.41. The van der Waals surface area contributed by atoms with Crippen molar-refractivity contribution in [3.05, 3.63) is 29.8 Å². The first-order valence-electron chi connectivity index (χ1n) is 6.27. The van der Waals surface area contributed by atoms with Gasteiger partial charge in [0.25, 0.3) is 0 Å². The lowest BCUT2D eigenvalue weighted by atomic mass is 9.98. The van der Waals surface area contributed by atoms with Crippen LogP contribution in [0, 0.1) is 5.92 Å². The molecule has 1 N–H and O–H groups in total. The van der Waals surface area contributed by atoms with Crippen molar-refractivity contribution in [1.29, 1.82) is 0 Å². The number of hydrogen-bond acceptors (Lipinski definition) is 3. The van der Waals surface area contributed by atoms with E-state index in [1.54, 1.807) is 7.11 Å². The summed E-state index contributed by atoms with van der Waals surface area (Å²) in [5, 5.41) is 9.06. The lowest BCUT2D eigenvalue weighted by Gasteiger charge is -2.30. The van der Waals surface area contributed by atoms with Gasteiger partial charge in [0.2, 0.25) is 0 Å². The molecule has 0 saturated carbocycles. The van der Waals surface area contributed by atoms with Crippen LogP contribution in [0.4, 0.5) is 0 Å². The smallest absolute Gasteiger partial charge is 0.307 e. The lowest BCUT2D eigenvalue weighted by molar-refractivity contribution is -0.143. The average Bonchev–Trinajstić information content (AvgIpc) is 2.39. The lowest BCUT2D eigenvalue weighted by Crippen LogP contribution is -2.38. The van der Waals surface area contributed by atoms with E-state index in [1.165, 1.54) is 5.56 Å². The predicted octanol–water partition coefficient (Wildman–Crippen LogP) is 1.99. The minimum Gasteiger partial charge on any atom is -0.497 e. The molecule has 0 bridgehead atoms. The third kappa shape index (κ3) is 3.23. The van der Waals surface area contributed by atoms with Crippen LogP contribution in [-0.2, 0) is 11.3 Å². The summed E-state index contributed by atoms with van der Waals surface area (Å²) in [7, 11) is 1.65. The molecule has 1 heterocycles. The molecular formula is C14H19NO3. The second-order valence-electron chi connectivity index (χ2n) is 4.76. The molecule has 0 radical (unpaired) electrons. The Hall–Kier alpha value is -1.55. The van der Waals surface area contributed by atoms with E-state index in [-0.39, 0.29) is 5.92 Å². The van der Waals surface area contributed by atoms with Crippen molar-refractivity contribution in [1.82, 2.24) is 4.90 Å². The van der Waals surface area contributed by atoms with Gasteiger partial charge in [-0.2, -0.15) is 0 Å². The van der Waals surface area contributed by atoms with Gasteiger partial charge in [0, 0.05) is 13.1 Å². The van der Waals surface area contributed by atoms with Crippen LogP contribution in [0.25, 0.3) is 0 Å². The SMILES string of the molecule is COc1cccc(CN2CCC[C@@H](C(=O)O)C2)c1. The molecule has 98 valence electrons. The Balaban J connectivity index is 1.97. The van der Waals surface area contributed by atoms with Gasteiger partial charge >= 0.3 is 5.97 Å². The topological polar surface area (TPSA) is 49.8 Å². The number of carbonyl (C=O) groups is 1. The Labute approximate surface area is 107 Å². The summed E-state index contributed by atoms with van der Waals surface area (Å²) in [6, 6.07) is 7.93. The van der Waals surface area contributed by atoms with E-state index in [1.807, 2.05) is 24.3 Å². The molecule has 1 atom stereocenters. The van der Waals surface area contributed by atoms with E-state index < -0.39 is 5.97 Å². The Morgan fingerprint density at radius 2 is 2.39 bits per heavy atom. The van der Waals surface area contributed by atoms with Gasteiger partial charge in [-0.05, 0) is 37.1 Å². The van der Waals surface area contributed by atoms with Crippen LogP contribution in [0.1, 0.15) is 18.4 Å². The second-order valence-corrected chi connectivity index (χ2v) is 4.76. The fraction of sp³-hybridized carbons (Fsp3) is 0.500. The molecule has 1 saturated heterocycles. The number of rotatable bonds is 4. The molecule has 0 unspecified atom stereocenters. The average molecular weight is 249 g/mol. The maximum absolute atomic E-state index is 11.0. The second kappa shape index (κ2) is 5.87. The predicted molar refractivity (Wildman–Crippen MR) is 68.6 cm³/mol. The van der Waals surface area contributed by atoms with Crippen LogP contribution in [0.15, 0.2) is 24.3 Å². The van der Waals surface area contributed by atoms with Gasteiger partial charge in [-0.15, -0.1) is 0 Å². The summed E-state index contributed by atoms with van der Waals surface area (Å²) < 4.78 is 5.19. The van der Waals surface area contributed by atoms with E-state index in [4.69, 9.17) is 9.84 Å². The molecule has 0 amide bonds. The van der Waals surface area contributed by atoms with E-state index in [2.05, 4.69) is 4.90 Å². The Kier molecular flexibility index (Phi) is 4.20. The summed E-state index contributed by atoms with van der Waals surface area (Å²) in [5.74, 6) is -0.0472. The van der Waals surface area contributed by atoms with Crippen molar-refractivity contribution in [3.63, 3.8) is 0 Å². The van der Waals surface area contributed by atoms with Gasteiger partial charge in [0.15, 0.2) is 0 Å². The summed E-state index contributed by atoms with van der Waals surface area (Å²) in [4.78, 5) is 13.2. The van der Waals surface area contributed by atoms with Crippen LogP contribution in [0.2, 0.25) is 0 Å². The summed E-state index contributed by atoms with van der Waals surface area (Å²) in [5.41, 5.74) is 1.17. The highest BCUT2D eigenvalue weighted by Gasteiger charge is 2.25. The van der Waals surface area contributed by atoms with Crippen molar-refractivity contribution in [2.24, 2.45) is 5.92 Å². The highest BCUT2D eigenvalue weighted by molar-refractivity contribution is 5.70. The molecule has 1 fully saturated rings.